The van der Waals surface area contributed by atoms with Gasteiger partial charge in [-0.1, -0.05) is 52.4 Å². The molecular formula is C36H39N3O2S2. The van der Waals surface area contributed by atoms with Gasteiger partial charge in [0, 0.05) is 31.9 Å². The van der Waals surface area contributed by atoms with Crippen LogP contribution in [-0.2, 0) is 12.8 Å². The average molecular weight is 610 g/mol. The first-order valence-corrected chi connectivity index (χ1v) is 17.0. The number of aryl methyl sites for hydroxylation is 2. The van der Waals surface area contributed by atoms with Gasteiger partial charge in [0.05, 0.1) is 28.3 Å². The van der Waals surface area contributed by atoms with Crippen LogP contribution in [0.25, 0.3) is 43.7 Å². The molecule has 0 radical (unpaired) electrons. The van der Waals surface area contributed by atoms with Gasteiger partial charge in [0.25, 0.3) is 0 Å². The number of aromatic nitrogens is 3. The second-order valence-electron chi connectivity index (χ2n) is 10.9. The molecule has 0 aromatic carbocycles. The maximum absolute atomic E-state index is 12.1. The standard InChI is InChI=1S/C36H39N3O2S2/c1-3-5-7-9-11-28-13-15-34(42-28)25-17-19-37-30(21-25)32-23-27(36(40)41)24-33(39-32)31-22-26(18-20-38-31)35-16-14-29(43-35)12-10-8-6-4-2/h13-24H,3-12H2,1-2H3,(H,40,41). The molecule has 222 valence electrons. The van der Waals surface area contributed by atoms with Gasteiger partial charge in [-0.3, -0.25) is 9.97 Å². The number of aromatic carboxylic acids is 1. The lowest BCUT2D eigenvalue weighted by atomic mass is 10.1. The van der Waals surface area contributed by atoms with E-state index in [9.17, 15) is 9.90 Å². The molecule has 0 saturated heterocycles. The molecule has 1 N–H and O–H groups in total. The van der Waals surface area contributed by atoms with E-state index in [-0.39, 0.29) is 5.56 Å². The molecule has 7 heteroatoms. The van der Waals surface area contributed by atoms with Gasteiger partial charge in [-0.15, -0.1) is 22.7 Å². The monoisotopic (exact) mass is 609 g/mol. The molecule has 0 aliphatic carbocycles. The van der Waals surface area contributed by atoms with Crippen molar-refractivity contribution in [2.45, 2.75) is 78.1 Å². The molecule has 43 heavy (non-hydrogen) atoms. The summed E-state index contributed by atoms with van der Waals surface area (Å²) in [5.74, 6) is -1.01. The normalized spacial score (nSPS) is 11.2. The van der Waals surface area contributed by atoms with Gasteiger partial charge in [0.2, 0.25) is 0 Å². The minimum Gasteiger partial charge on any atom is -0.478 e. The molecule has 0 aliphatic rings. The summed E-state index contributed by atoms with van der Waals surface area (Å²) in [4.78, 5) is 31.3. The Morgan fingerprint density at radius 2 is 1.12 bits per heavy atom. The third-order valence-corrected chi connectivity index (χ3v) is 9.95. The highest BCUT2D eigenvalue weighted by Gasteiger charge is 2.15. The zero-order valence-corrected chi connectivity index (χ0v) is 26.6. The van der Waals surface area contributed by atoms with Crippen LogP contribution in [-0.4, -0.2) is 26.0 Å². The van der Waals surface area contributed by atoms with Crippen LogP contribution in [0.15, 0.2) is 73.1 Å². The summed E-state index contributed by atoms with van der Waals surface area (Å²) in [6.07, 6.45) is 15.8. The van der Waals surface area contributed by atoms with Gasteiger partial charge >= 0.3 is 5.97 Å². The Hall–Kier alpha value is -3.68. The topological polar surface area (TPSA) is 76.0 Å². The highest BCUT2D eigenvalue weighted by atomic mass is 32.1. The van der Waals surface area contributed by atoms with E-state index in [0.29, 0.717) is 22.8 Å². The smallest absolute Gasteiger partial charge is 0.335 e. The number of pyridine rings is 3. The van der Waals surface area contributed by atoms with Crippen LogP contribution in [0.1, 0.15) is 85.3 Å². The molecule has 5 rings (SSSR count). The molecule has 0 spiro atoms. The van der Waals surface area contributed by atoms with Crippen LogP contribution in [0.2, 0.25) is 0 Å². The first-order chi connectivity index (χ1) is 21.0. The molecule has 5 aromatic rings. The van der Waals surface area contributed by atoms with Crippen LogP contribution in [0.4, 0.5) is 0 Å². The molecule has 5 nitrogen and oxygen atoms in total. The van der Waals surface area contributed by atoms with Gasteiger partial charge < -0.3 is 5.11 Å². The lowest BCUT2D eigenvalue weighted by molar-refractivity contribution is 0.0697. The minimum absolute atomic E-state index is 0.162. The number of carboxylic acids is 1. The van der Waals surface area contributed by atoms with Crippen molar-refractivity contribution in [3.8, 4) is 43.7 Å². The average Bonchev–Trinajstić information content (AvgIpc) is 3.72. The van der Waals surface area contributed by atoms with E-state index < -0.39 is 5.97 Å². The van der Waals surface area contributed by atoms with E-state index in [1.54, 1.807) is 24.5 Å². The van der Waals surface area contributed by atoms with Crippen molar-refractivity contribution < 1.29 is 9.90 Å². The van der Waals surface area contributed by atoms with Gasteiger partial charge in [-0.25, -0.2) is 9.78 Å². The van der Waals surface area contributed by atoms with Crippen molar-refractivity contribution in [3.63, 3.8) is 0 Å². The molecule has 0 bridgehead atoms. The summed E-state index contributed by atoms with van der Waals surface area (Å²) in [6, 6.07) is 20.0. The number of carboxylic acid groups (broad SMARTS) is 1. The molecule has 0 fully saturated rings. The van der Waals surface area contributed by atoms with Crippen LogP contribution in [0, 0.1) is 0 Å². The molecule has 5 aromatic heterocycles. The van der Waals surface area contributed by atoms with E-state index in [0.717, 1.165) is 24.0 Å². The summed E-state index contributed by atoms with van der Waals surface area (Å²) in [6.45, 7) is 4.47. The molecule has 0 amide bonds. The van der Waals surface area contributed by atoms with E-state index in [2.05, 4.69) is 48.1 Å². The number of thiophene rings is 2. The van der Waals surface area contributed by atoms with Crippen molar-refractivity contribution in [3.05, 3.63) is 88.4 Å². The Bertz CT molecular complexity index is 1540. The van der Waals surface area contributed by atoms with Gasteiger partial charge in [0.15, 0.2) is 0 Å². The zero-order valence-electron chi connectivity index (χ0n) is 25.0. The van der Waals surface area contributed by atoms with E-state index in [4.69, 9.17) is 4.98 Å². The largest absolute Gasteiger partial charge is 0.478 e. The number of carbonyl (C=O) groups is 1. The Labute approximate surface area is 262 Å². The Morgan fingerprint density at radius 3 is 1.56 bits per heavy atom. The van der Waals surface area contributed by atoms with Crippen molar-refractivity contribution in [2.75, 3.05) is 0 Å². The summed E-state index contributed by atoms with van der Waals surface area (Å²) in [7, 11) is 0. The van der Waals surface area contributed by atoms with Crippen LogP contribution in [0.3, 0.4) is 0 Å². The van der Waals surface area contributed by atoms with Crippen molar-refractivity contribution >= 4 is 28.6 Å². The Balaban J connectivity index is 1.40. The van der Waals surface area contributed by atoms with Crippen molar-refractivity contribution in [2.24, 2.45) is 0 Å². The van der Waals surface area contributed by atoms with Gasteiger partial charge in [-0.2, -0.15) is 0 Å². The third-order valence-electron chi connectivity index (χ3n) is 7.56. The quantitative estimate of drug-likeness (QED) is 0.120. The molecule has 0 aliphatic heterocycles. The summed E-state index contributed by atoms with van der Waals surface area (Å²) >= 11 is 3.62. The van der Waals surface area contributed by atoms with Gasteiger partial charge in [0.1, 0.15) is 0 Å². The van der Waals surface area contributed by atoms with Crippen LogP contribution >= 0.6 is 22.7 Å². The number of unbranched alkanes of at least 4 members (excludes halogenated alkanes) is 6. The second-order valence-corrected chi connectivity index (χ2v) is 13.3. The fourth-order valence-electron chi connectivity index (χ4n) is 5.15. The second kappa shape index (κ2) is 15.2. The molecule has 0 saturated carbocycles. The van der Waals surface area contributed by atoms with E-state index in [1.807, 2.05) is 46.9 Å². The highest BCUT2D eigenvalue weighted by molar-refractivity contribution is 7.15. The predicted octanol–water partition coefficient (Wildman–Crippen LogP) is 10.6. The van der Waals surface area contributed by atoms with E-state index in [1.165, 1.54) is 70.9 Å². The summed E-state index contributed by atoms with van der Waals surface area (Å²) < 4.78 is 0. The van der Waals surface area contributed by atoms with Gasteiger partial charge in [-0.05, 0) is 97.5 Å². The number of nitrogens with zero attached hydrogens (tertiary/aromatic N) is 3. The summed E-state index contributed by atoms with van der Waals surface area (Å²) in [5.41, 5.74) is 4.60. The number of hydrogen-bond acceptors (Lipinski definition) is 6. The van der Waals surface area contributed by atoms with Crippen LogP contribution < -0.4 is 0 Å². The number of hydrogen-bond donors (Lipinski definition) is 1. The number of rotatable bonds is 15. The lowest BCUT2D eigenvalue weighted by Crippen LogP contribution is -2.01. The van der Waals surface area contributed by atoms with E-state index >= 15 is 0 Å². The van der Waals surface area contributed by atoms with Crippen molar-refractivity contribution in [1.29, 1.82) is 0 Å². The highest BCUT2D eigenvalue weighted by Crippen LogP contribution is 2.34. The Kier molecular flexibility index (Phi) is 10.9. The fourth-order valence-corrected chi connectivity index (χ4v) is 7.24. The molecular weight excluding hydrogens is 571 g/mol. The van der Waals surface area contributed by atoms with Crippen molar-refractivity contribution in [1.82, 2.24) is 15.0 Å². The molecule has 5 heterocycles. The van der Waals surface area contributed by atoms with Crippen LogP contribution in [0.5, 0.6) is 0 Å². The SMILES string of the molecule is CCCCCCc1ccc(-c2ccnc(-c3cc(C(=O)O)cc(-c4cc(-c5ccc(CCCCCC)s5)ccn4)n3)c2)s1. The summed E-state index contributed by atoms with van der Waals surface area (Å²) in [5, 5.41) is 9.94. The minimum atomic E-state index is -1.01. The lowest BCUT2D eigenvalue weighted by Gasteiger charge is -2.09. The third kappa shape index (κ3) is 8.24. The predicted molar refractivity (Wildman–Crippen MR) is 180 cm³/mol. The molecule has 0 atom stereocenters. The molecule has 0 unspecified atom stereocenters. The zero-order chi connectivity index (χ0) is 30.0. The first kappa shape index (κ1) is 30.8. The maximum Gasteiger partial charge on any atom is 0.335 e. The maximum atomic E-state index is 12.1. The first-order valence-electron chi connectivity index (χ1n) is 15.4. The Morgan fingerprint density at radius 1 is 0.628 bits per heavy atom. The fraction of sp³-hybridized carbons (Fsp3) is 0.333.